The van der Waals surface area contributed by atoms with Crippen LogP contribution in [0.3, 0.4) is 0 Å². The molecule has 9 rings (SSSR count). The average molecular weight is 603 g/mol. The summed E-state index contributed by atoms with van der Waals surface area (Å²) in [6.07, 6.45) is 0. The minimum absolute atomic E-state index is 0.622. The molecule has 0 bridgehead atoms. The van der Waals surface area contributed by atoms with Gasteiger partial charge in [0, 0.05) is 42.2 Å². The van der Waals surface area contributed by atoms with Gasteiger partial charge in [0.25, 0.3) is 0 Å². The Bertz CT molecular complexity index is 2600. The van der Waals surface area contributed by atoms with Gasteiger partial charge >= 0.3 is 0 Å². The van der Waals surface area contributed by atoms with Crippen molar-refractivity contribution in [1.82, 2.24) is 4.57 Å². The van der Waals surface area contributed by atoms with E-state index >= 15 is 0 Å². The summed E-state index contributed by atoms with van der Waals surface area (Å²) in [4.78, 5) is 3.91. The maximum Gasteiger partial charge on any atom is 0.189 e. The van der Waals surface area contributed by atoms with Gasteiger partial charge in [0.1, 0.15) is 0 Å². The molecule has 0 atom stereocenters. The molecular formula is C43H26N2S. The Hall–Kier alpha value is -5.95. The van der Waals surface area contributed by atoms with Crippen LogP contribution in [0.25, 0.3) is 85.9 Å². The first-order valence-corrected chi connectivity index (χ1v) is 16.2. The molecule has 0 saturated heterocycles. The topological polar surface area (TPSA) is 9.29 Å². The van der Waals surface area contributed by atoms with Crippen LogP contribution in [-0.4, -0.2) is 4.57 Å². The minimum atomic E-state index is 0.622. The zero-order valence-corrected chi connectivity index (χ0v) is 25.6. The predicted octanol–water partition coefficient (Wildman–Crippen LogP) is 12.7. The zero-order valence-electron chi connectivity index (χ0n) is 24.8. The Morgan fingerprint density at radius 3 is 1.78 bits per heavy atom. The van der Waals surface area contributed by atoms with Crippen LogP contribution in [0.5, 0.6) is 0 Å². The molecule has 0 amide bonds. The van der Waals surface area contributed by atoms with E-state index in [-0.39, 0.29) is 0 Å². The van der Waals surface area contributed by atoms with E-state index in [0.29, 0.717) is 5.69 Å². The highest BCUT2D eigenvalue weighted by Gasteiger charge is 2.16. The number of nitrogens with zero attached hydrogens (tertiary/aromatic N) is 2. The van der Waals surface area contributed by atoms with E-state index in [1.54, 1.807) is 0 Å². The van der Waals surface area contributed by atoms with Gasteiger partial charge < -0.3 is 4.57 Å². The Labute approximate surface area is 270 Å². The molecule has 0 aliphatic heterocycles. The van der Waals surface area contributed by atoms with Crippen molar-refractivity contribution in [3.63, 3.8) is 0 Å². The number of thiophene rings is 1. The highest BCUT2D eigenvalue weighted by molar-refractivity contribution is 7.26. The largest absolute Gasteiger partial charge is 0.310 e. The van der Waals surface area contributed by atoms with Gasteiger partial charge in [-0.15, -0.1) is 11.3 Å². The molecule has 0 aliphatic carbocycles. The average Bonchev–Trinajstić information content (AvgIpc) is 3.67. The van der Waals surface area contributed by atoms with Crippen LogP contribution in [0.2, 0.25) is 0 Å². The van der Waals surface area contributed by atoms with Crippen LogP contribution in [0, 0.1) is 6.57 Å². The minimum Gasteiger partial charge on any atom is -0.310 e. The smallest absolute Gasteiger partial charge is 0.189 e. The van der Waals surface area contributed by atoms with E-state index in [1.165, 1.54) is 47.6 Å². The van der Waals surface area contributed by atoms with Gasteiger partial charge in [-0.05, 0) is 82.4 Å². The normalized spacial score (nSPS) is 11.5. The van der Waals surface area contributed by atoms with Gasteiger partial charge in [0.15, 0.2) is 5.69 Å². The highest BCUT2D eigenvalue weighted by Crippen LogP contribution is 2.43. The van der Waals surface area contributed by atoms with Crippen molar-refractivity contribution in [3.05, 3.63) is 169 Å². The lowest BCUT2D eigenvalue weighted by atomic mass is 9.94. The molecule has 9 aromatic rings. The standard InChI is InChI=1S/C43H26N2S/c1-44-33-23-31(24-34(27-33)45-40-19-8-5-16-35(40)36-17-6-9-20-41(36)45)29-14-11-15-30(22-29)32-25-38(28-12-3-2-4-13-28)43-39(26-32)37-18-7-10-21-42(37)46-43/h2-27H. The maximum atomic E-state index is 7.98. The van der Waals surface area contributed by atoms with Gasteiger partial charge in [-0.3, -0.25) is 0 Å². The molecule has 2 heterocycles. The lowest BCUT2D eigenvalue weighted by molar-refractivity contribution is 1.18. The molecule has 0 unspecified atom stereocenters. The van der Waals surface area contributed by atoms with Gasteiger partial charge in [-0.2, -0.15) is 0 Å². The Morgan fingerprint density at radius 1 is 0.457 bits per heavy atom. The number of rotatable bonds is 4. The molecule has 0 saturated carbocycles. The van der Waals surface area contributed by atoms with Gasteiger partial charge in [-0.25, -0.2) is 4.85 Å². The van der Waals surface area contributed by atoms with E-state index in [1.807, 2.05) is 23.5 Å². The van der Waals surface area contributed by atoms with Gasteiger partial charge in [0.05, 0.1) is 17.6 Å². The first-order chi connectivity index (χ1) is 22.7. The maximum absolute atomic E-state index is 7.98. The van der Waals surface area contributed by atoms with Crippen molar-refractivity contribution >= 4 is 59.0 Å². The molecule has 0 aliphatic rings. The van der Waals surface area contributed by atoms with Crippen molar-refractivity contribution < 1.29 is 0 Å². The molecule has 7 aromatic carbocycles. The monoisotopic (exact) mass is 602 g/mol. The Kier molecular flexibility index (Phi) is 6.09. The van der Waals surface area contributed by atoms with Gasteiger partial charge in [-0.1, -0.05) is 103 Å². The van der Waals surface area contributed by atoms with E-state index in [9.17, 15) is 0 Å². The summed E-state index contributed by atoms with van der Waals surface area (Å²) in [6.45, 7) is 7.98. The van der Waals surface area contributed by atoms with Crippen molar-refractivity contribution in [2.45, 2.75) is 0 Å². The molecule has 0 radical (unpaired) electrons. The third-order valence-electron chi connectivity index (χ3n) is 8.96. The fourth-order valence-electron chi connectivity index (χ4n) is 6.86. The van der Waals surface area contributed by atoms with E-state index < -0.39 is 0 Å². The quantitative estimate of drug-likeness (QED) is 0.177. The fourth-order valence-corrected chi connectivity index (χ4v) is 8.08. The summed E-state index contributed by atoms with van der Waals surface area (Å²) in [6, 6.07) is 56.1. The first kappa shape index (κ1) is 26.5. The van der Waals surface area contributed by atoms with E-state index in [0.717, 1.165) is 33.4 Å². The molecule has 0 N–H and O–H groups in total. The van der Waals surface area contributed by atoms with Crippen LogP contribution in [0.1, 0.15) is 0 Å². The lowest BCUT2D eigenvalue weighted by Crippen LogP contribution is -1.94. The lowest BCUT2D eigenvalue weighted by Gasteiger charge is -2.13. The molecule has 46 heavy (non-hydrogen) atoms. The fraction of sp³-hybridized carbons (Fsp3) is 0. The van der Waals surface area contributed by atoms with Gasteiger partial charge in [0.2, 0.25) is 0 Å². The molecule has 2 aromatic heterocycles. The third-order valence-corrected chi connectivity index (χ3v) is 10.2. The second-order valence-corrected chi connectivity index (χ2v) is 12.7. The number of hydrogen-bond donors (Lipinski definition) is 0. The molecule has 2 nitrogen and oxygen atoms in total. The third kappa shape index (κ3) is 4.24. The molecule has 214 valence electrons. The van der Waals surface area contributed by atoms with E-state index in [4.69, 9.17) is 6.57 Å². The van der Waals surface area contributed by atoms with Crippen LogP contribution in [-0.2, 0) is 0 Å². The van der Waals surface area contributed by atoms with Crippen LogP contribution >= 0.6 is 11.3 Å². The van der Waals surface area contributed by atoms with E-state index in [2.05, 4.69) is 155 Å². The van der Waals surface area contributed by atoms with Crippen LogP contribution in [0.15, 0.2) is 158 Å². The number of hydrogen-bond acceptors (Lipinski definition) is 1. The first-order valence-electron chi connectivity index (χ1n) is 15.4. The van der Waals surface area contributed by atoms with Crippen molar-refractivity contribution in [2.24, 2.45) is 0 Å². The number of benzene rings is 7. The van der Waals surface area contributed by atoms with Crippen LogP contribution in [0.4, 0.5) is 5.69 Å². The second kappa shape index (κ2) is 10.6. The van der Waals surface area contributed by atoms with Crippen molar-refractivity contribution in [1.29, 1.82) is 0 Å². The predicted molar refractivity (Wildman–Crippen MR) is 196 cm³/mol. The van der Waals surface area contributed by atoms with Crippen molar-refractivity contribution in [3.8, 4) is 39.1 Å². The Balaban J connectivity index is 1.24. The molecule has 3 heteroatoms. The number of para-hydroxylation sites is 2. The summed E-state index contributed by atoms with van der Waals surface area (Å²) in [5.74, 6) is 0. The molecule has 0 fully saturated rings. The van der Waals surface area contributed by atoms with Crippen LogP contribution < -0.4 is 0 Å². The summed E-state index contributed by atoms with van der Waals surface area (Å²) in [5.41, 5.74) is 10.8. The summed E-state index contributed by atoms with van der Waals surface area (Å²) in [7, 11) is 0. The number of aromatic nitrogens is 1. The zero-order chi connectivity index (χ0) is 30.6. The summed E-state index contributed by atoms with van der Waals surface area (Å²) < 4.78 is 4.90. The number of fused-ring (bicyclic) bond motifs is 6. The Morgan fingerprint density at radius 2 is 1.07 bits per heavy atom. The summed E-state index contributed by atoms with van der Waals surface area (Å²) >= 11 is 1.86. The SMILES string of the molecule is [C-]#[N+]c1cc(-c2cccc(-c3cc(-c4ccccc4)c4sc5ccccc5c4c3)c2)cc(-n2c3ccccc3c3ccccc32)c1. The highest BCUT2D eigenvalue weighted by atomic mass is 32.1. The molecular weight excluding hydrogens is 577 g/mol. The second-order valence-electron chi connectivity index (χ2n) is 11.7. The van der Waals surface area contributed by atoms with Crippen molar-refractivity contribution in [2.75, 3.05) is 0 Å². The molecule has 0 spiro atoms. The summed E-state index contributed by atoms with van der Waals surface area (Å²) in [5, 5.41) is 4.99.